The number of hydrogen-bond donors (Lipinski definition) is 2. The molecule has 0 bridgehead atoms. The highest BCUT2D eigenvalue weighted by Gasteiger charge is 2.32. The van der Waals surface area contributed by atoms with Crippen molar-refractivity contribution in [1.82, 2.24) is 5.32 Å². The maximum Gasteiger partial charge on any atom is 0.328 e. The number of aliphatic hydroxyl groups excluding tert-OH is 1. The SMILES string of the molecule is CCCCC[C@H](O)/C=C/[C@@H]1CCC(=O)[C@H]1CCCCCCC(=O)N[C@H](Cc1ccc(OC)c([N+](=O)[O-])c1)C(=O)OC. The second kappa shape index (κ2) is 18.2. The van der Waals surface area contributed by atoms with E-state index in [4.69, 9.17) is 9.47 Å². The molecule has 2 N–H and O–H groups in total. The molecule has 1 amide bonds. The fraction of sp³-hybridized carbons (Fsp3) is 0.645. The van der Waals surface area contributed by atoms with Crippen LogP contribution < -0.4 is 10.1 Å². The van der Waals surface area contributed by atoms with Gasteiger partial charge >= 0.3 is 11.7 Å². The van der Waals surface area contributed by atoms with Crippen molar-refractivity contribution in [2.75, 3.05) is 14.2 Å². The van der Waals surface area contributed by atoms with Crippen molar-refractivity contribution < 1.29 is 33.9 Å². The van der Waals surface area contributed by atoms with Gasteiger partial charge in [-0.2, -0.15) is 0 Å². The molecular formula is C31H46N2O8. The Morgan fingerprint density at radius 3 is 2.61 bits per heavy atom. The molecule has 4 atom stereocenters. The zero-order valence-electron chi connectivity index (χ0n) is 24.6. The number of nitrogens with zero attached hydrogens (tertiary/aromatic N) is 1. The Labute approximate surface area is 243 Å². The number of hydrogen-bond acceptors (Lipinski definition) is 8. The molecule has 10 heteroatoms. The quantitative estimate of drug-likeness (QED) is 0.0750. The molecule has 1 fully saturated rings. The Balaban J connectivity index is 1.76. The number of aliphatic hydroxyl groups is 1. The molecular weight excluding hydrogens is 528 g/mol. The van der Waals surface area contributed by atoms with E-state index >= 15 is 0 Å². The highest BCUT2D eigenvalue weighted by molar-refractivity contribution is 5.85. The van der Waals surface area contributed by atoms with Gasteiger partial charge in [0.1, 0.15) is 11.8 Å². The van der Waals surface area contributed by atoms with E-state index in [1.165, 1.54) is 26.4 Å². The molecule has 0 unspecified atom stereocenters. The summed E-state index contributed by atoms with van der Waals surface area (Å²) in [6.07, 6.45) is 13.2. The normalized spacial score (nSPS) is 18.3. The van der Waals surface area contributed by atoms with E-state index in [0.29, 0.717) is 24.2 Å². The minimum atomic E-state index is -0.968. The molecule has 41 heavy (non-hydrogen) atoms. The largest absolute Gasteiger partial charge is 0.490 e. The van der Waals surface area contributed by atoms with Crippen LogP contribution in [0.1, 0.15) is 89.5 Å². The summed E-state index contributed by atoms with van der Waals surface area (Å²) in [4.78, 5) is 48.0. The Hall–Kier alpha value is -3.27. The van der Waals surface area contributed by atoms with Crippen LogP contribution in [0.3, 0.4) is 0 Å². The van der Waals surface area contributed by atoms with Gasteiger partial charge in [0.05, 0.1) is 25.2 Å². The lowest BCUT2D eigenvalue weighted by Gasteiger charge is -2.17. The van der Waals surface area contributed by atoms with Crippen LogP contribution in [0.25, 0.3) is 0 Å². The number of benzene rings is 1. The van der Waals surface area contributed by atoms with E-state index < -0.39 is 23.0 Å². The van der Waals surface area contributed by atoms with Gasteiger partial charge in [-0.15, -0.1) is 0 Å². The van der Waals surface area contributed by atoms with Crippen LogP contribution in [0.15, 0.2) is 30.4 Å². The number of unbranched alkanes of at least 4 members (excludes halogenated alkanes) is 5. The number of amides is 1. The van der Waals surface area contributed by atoms with Gasteiger partial charge in [0.25, 0.3) is 0 Å². The standard InChI is InChI=1S/C31H46N2O8/c1-4-5-8-11-24(34)17-15-23-16-18-28(35)25(23)12-9-6-7-10-13-30(36)32-26(31(37)41-3)20-22-14-19-29(40-2)27(21-22)33(38)39/h14-15,17,19,21,23-26,34H,4-13,16,18,20H2,1-3H3,(H,32,36)/b17-15+/t23-,24+,25+,26-/m1/s1. The number of methoxy groups -OCH3 is 2. The van der Waals surface area contributed by atoms with Gasteiger partial charge in [-0.25, -0.2) is 4.79 Å². The maximum atomic E-state index is 12.6. The number of ether oxygens (including phenoxy) is 2. The van der Waals surface area contributed by atoms with Crippen LogP contribution in [0.2, 0.25) is 0 Å². The Bertz CT molecular complexity index is 1040. The van der Waals surface area contributed by atoms with Gasteiger partial charge in [0.2, 0.25) is 5.91 Å². The summed E-state index contributed by atoms with van der Waals surface area (Å²) >= 11 is 0. The molecule has 1 aromatic rings. The average molecular weight is 575 g/mol. The summed E-state index contributed by atoms with van der Waals surface area (Å²) in [5.41, 5.74) is 0.274. The van der Waals surface area contributed by atoms with Gasteiger partial charge < -0.3 is 19.9 Å². The Kier molecular flexibility index (Phi) is 15.1. The van der Waals surface area contributed by atoms with Crippen LogP contribution in [0.4, 0.5) is 5.69 Å². The molecule has 0 heterocycles. The van der Waals surface area contributed by atoms with E-state index in [1.807, 2.05) is 12.2 Å². The summed E-state index contributed by atoms with van der Waals surface area (Å²) in [7, 11) is 2.56. The first-order valence-electron chi connectivity index (χ1n) is 14.8. The molecule has 0 aromatic heterocycles. The third-order valence-electron chi connectivity index (χ3n) is 7.71. The summed E-state index contributed by atoms with van der Waals surface area (Å²) in [6.45, 7) is 2.13. The number of allylic oxidation sites excluding steroid dienone is 1. The second-order valence-corrected chi connectivity index (χ2v) is 10.8. The molecule has 1 aliphatic rings. The predicted octanol–water partition coefficient (Wildman–Crippen LogP) is 5.24. The molecule has 1 aliphatic carbocycles. The van der Waals surface area contributed by atoms with Gasteiger partial charge in [0, 0.05) is 31.2 Å². The van der Waals surface area contributed by atoms with Crippen LogP contribution in [0.5, 0.6) is 5.75 Å². The first-order chi connectivity index (χ1) is 19.7. The number of esters is 1. The highest BCUT2D eigenvalue weighted by Crippen LogP contribution is 2.34. The van der Waals surface area contributed by atoms with Crippen molar-refractivity contribution >= 4 is 23.3 Å². The van der Waals surface area contributed by atoms with Crippen molar-refractivity contribution in [3.05, 3.63) is 46.0 Å². The summed E-state index contributed by atoms with van der Waals surface area (Å²) in [5, 5.41) is 24.2. The lowest BCUT2D eigenvalue weighted by atomic mass is 9.89. The fourth-order valence-electron chi connectivity index (χ4n) is 5.36. The molecule has 228 valence electrons. The molecule has 1 saturated carbocycles. The van der Waals surface area contributed by atoms with Crippen LogP contribution in [0, 0.1) is 22.0 Å². The van der Waals surface area contributed by atoms with Crippen molar-refractivity contribution in [2.45, 2.75) is 103 Å². The van der Waals surface area contributed by atoms with Crippen LogP contribution >= 0.6 is 0 Å². The topological polar surface area (TPSA) is 145 Å². The van der Waals surface area contributed by atoms with Crippen molar-refractivity contribution in [1.29, 1.82) is 0 Å². The number of nitro benzene ring substituents is 1. The molecule has 1 aromatic carbocycles. The number of rotatable bonds is 19. The van der Waals surface area contributed by atoms with E-state index in [9.17, 15) is 29.6 Å². The van der Waals surface area contributed by atoms with Crippen molar-refractivity contribution in [3.63, 3.8) is 0 Å². The number of carbonyl (C=O) groups excluding carboxylic acids is 3. The first-order valence-corrected chi connectivity index (χ1v) is 14.8. The van der Waals surface area contributed by atoms with Crippen molar-refractivity contribution in [2.24, 2.45) is 11.8 Å². The van der Waals surface area contributed by atoms with Crippen LogP contribution in [-0.4, -0.2) is 54.1 Å². The minimum Gasteiger partial charge on any atom is -0.490 e. The highest BCUT2D eigenvalue weighted by atomic mass is 16.6. The first kappa shape index (κ1) is 33.9. The van der Waals surface area contributed by atoms with Gasteiger partial charge in [0.15, 0.2) is 5.75 Å². The minimum absolute atomic E-state index is 0.00647. The van der Waals surface area contributed by atoms with Gasteiger partial charge in [-0.05, 0) is 43.2 Å². The molecule has 0 radical (unpaired) electrons. The number of nitro groups is 1. The average Bonchev–Trinajstić information content (AvgIpc) is 3.31. The van der Waals surface area contributed by atoms with E-state index in [2.05, 4.69) is 12.2 Å². The predicted molar refractivity (Wildman–Crippen MR) is 156 cm³/mol. The summed E-state index contributed by atoms with van der Waals surface area (Å²) in [6, 6.07) is 3.42. The number of Topliss-reactive ketones (excluding diaryl/α,β-unsaturated/α-hetero) is 1. The fourth-order valence-corrected chi connectivity index (χ4v) is 5.36. The lowest BCUT2D eigenvalue weighted by molar-refractivity contribution is -0.385. The number of nitrogens with one attached hydrogen (secondary N) is 1. The smallest absolute Gasteiger partial charge is 0.328 e. The van der Waals surface area contributed by atoms with Gasteiger partial charge in [-0.3, -0.25) is 19.7 Å². The summed E-state index contributed by atoms with van der Waals surface area (Å²) in [5.74, 6) is -0.315. The zero-order valence-corrected chi connectivity index (χ0v) is 24.6. The van der Waals surface area contributed by atoms with Crippen molar-refractivity contribution in [3.8, 4) is 5.75 Å². The van der Waals surface area contributed by atoms with E-state index in [-0.39, 0.29) is 42.0 Å². The third-order valence-corrected chi connectivity index (χ3v) is 7.71. The van der Waals surface area contributed by atoms with E-state index in [0.717, 1.165) is 57.8 Å². The van der Waals surface area contributed by atoms with Gasteiger partial charge in [-0.1, -0.05) is 63.7 Å². The van der Waals surface area contributed by atoms with Crippen LogP contribution in [-0.2, 0) is 25.5 Å². The molecule has 0 aliphatic heterocycles. The zero-order chi connectivity index (χ0) is 30.2. The molecule has 10 nitrogen and oxygen atoms in total. The lowest BCUT2D eigenvalue weighted by Crippen LogP contribution is -2.43. The second-order valence-electron chi connectivity index (χ2n) is 10.8. The number of carbonyl (C=O) groups is 3. The number of ketones is 1. The van der Waals surface area contributed by atoms with E-state index in [1.54, 1.807) is 6.07 Å². The Morgan fingerprint density at radius 1 is 1.17 bits per heavy atom. The monoisotopic (exact) mass is 574 g/mol. The molecule has 0 spiro atoms. The molecule has 2 rings (SSSR count). The maximum absolute atomic E-state index is 12.6. The Morgan fingerprint density at radius 2 is 1.93 bits per heavy atom. The summed E-state index contributed by atoms with van der Waals surface area (Å²) < 4.78 is 9.84. The third kappa shape index (κ3) is 11.6. The molecule has 0 saturated heterocycles.